The Kier molecular flexibility index (Phi) is 4.37. The van der Waals surface area contributed by atoms with Gasteiger partial charge in [-0.15, -0.1) is 0 Å². The molecule has 0 saturated heterocycles. The fraction of sp³-hybridized carbons (Fsp3) is 0.133. The highest BCUT2D eigenvalue weighted by Gasteiger charge is 2.13. The van der Waals surface area contributed by atoms with E-state index in [-0.39, 0.29) is 11.5 Å². The van der Waals surface area contributed by atoms with Crippen molar-refractivity contribution in [1.29, 1.82) is 0 Å². The van der Waals surface area contributed by atoms with Crippen LogP contribution in [0, 0.1) is 22.9 Å². The standard InChI is InChI=1S/C15H12FNO3S/c1-9-7-15(13(10(2)18)8-14(9)16)21-12-5-3-11(4-6-12)17(19)20/h3-8H,1-2H3. The average Bonchev–Trinajstić information content (AvgIpc) is 2.43. The molecule has 0 unspecified atom stereocenters. The van der Waals surface area contributed by atoms with Crippen LogP contribution in [-0.4, -0.2) is 10.7 Å². The molecule has 4 nitrogen and oxygen atoms in total. The van der Waals surface area contributed by atoms with Gasteiger partial charge in [-0.1, -0.05) is 11.8 Å². The van der Waals surface area contributed by atoms with Crippen LogP contribution in [0.3, 0.4) is 0 Å². The van der Waals surface area contributed by atoms with Crippen LogP contribution in [0.2, 0.25) is 0 Å². The quantitative estimate of drug-likeness (QED) is 0.477. The van der Waals surface area contributed by atoms with Gasteiger partial charge in [0.25, 0.3) is 5.69 Å². The summed E-state index contributed by atoms with van der Waals surface area (Å²) in [7, 11) is 0. The van der Waals surface area contributed by atoms with Crippen molar-refractivity contribution in [2.75, 3.05) is 0 Å². The van der Waals surface area contributed by atoms with Gasteiger partial charge in [0.1, 0.15) is 5.82 Å². The number of nitro benzene ring substituents is 1. The summed E-state index contributed by atoms with van der Waals surface area (Å²) in [5.41, 5.74) is 0.757. The first-order valence-corrected chi connectivity index (χ1v) is 6.93. The third-order valence-corrected chi connectivity index (χ3v) is 3.98. The summed E-state index contributed by atoms with van der Waals surface area (Å²) < 4.78 is 13.6. The number of aryl methyl sites for hydroxylation is 1. The molecular formula is C15H12FNO3S. The number of ketones is 1. The van der Waals surface area contributed by atoms with Crippen LogP contribution in [0.25, 0.3) is 0 Å². The van der Waals surface area contributed by atoms with Gasteiger partial charge in [-0.2, -0.15) is 0 Å². The van der Waals surface area contributed by atoms with Gasteiger partial charge in [0.15, 0.2) is 5.78 Å². The minimum Gasteiger partial charge on any atom is -0.294 e. The van der Waals surface area contributed by atoms with E-state index in [2.05, 4.69) is 0 Å². The average molecular weight is 305 g/mol. The Morgan fingerprint density at radius 1 is 1.24 bits per heavy atom. The molecule has 2 aromatic rings. The summed E-state index contributed by atoms with van der Waals surface area (Å²) in [6.45, 7) is 3.00. The summed E-state index contributed by atoms with van der Waals surface area (Å²) in [6.07, 6.45) is 0. The van der Waals surface area contributed by atoms with Gasteiger partial charge in [-0.05, 0) is 43.7 Å². The molecule has 0 bridgehead atoms. The number of nitro groups is 1. The van der Waals surface area contributed by atoms with E-state index in [4.69, 9.17) is 0 Å². The zero-order valence-corrected chi connectivity index (χ0v) is 12.2. The van der Waals surface area contributed by atoms with Crippen LogP contribution in [0.1, 0.15) is 22.8 Å². The van der Waals surface area contributed by atoms with Gasteiger partial charge in [-0.3, -0.25) is 14.9 Å². The predicted molar refractivity (Wildman–Crippen MR) is 78.4 cm³/mol. The van der Waals surface area contributed by atoms with Crippen LogP contribution in [-0.2, 0) is 0 Å². The number of benzene rings is 2. The van der Waals surface area contributed by atoms with Gasteiger partial charge < -0.3 is 0 Å². The molecular weight excluding hydrogens is 293 g/mol. The third-order valence-electron chi connectivity index (χ3n) is 2.92. The molecule has 21 heavy (non-hydrogen) atoms. The van der Waals surface area contributed by atoms with Gasteiger partial charge in [-0.25, -0.2) is 4.39 Å². The zero-order valence-electron chi connectivity index (χ0n) is 11.4. The molecule has 108 valence electrons. The SMILES string of the molecule is CC(=O)c1cc(F)c(C)cc1Sc1ccc([N+](=O)[O-])cc1. The van der Waals surface area contributed by atoms with E-state index in [9.17, 15) is 19.3 Å². The number of rotatable bonds is 4. The smallest absolute Gasteiger partial charge is 0.269 e. The van der Waals surface area contributed by atoms with Gasteiger partial charge >= 0.3 is 0 Å². The van der Waals surface area contributed by atoms with E-state index in [0.29, 0.717) is 16.0 Å². The Morgan fingerprint density at radius 2 is 1.86 bits per heavy atom. The molecule has 2 aromatic carbocycles. The number of halogens is 1. The Bertz CT molecular complexity index is 714. The summed E-state index contributed by atoms with van der Waals surface area (Å²) in [5, 5.41) is 10.6. The highest BCUT2D eigenvalue weighted by Crippen LogP contribution is 2.33. The summed E-state index contributed by atoms with van der Waals surface area (Å²) in [4.78, 5) is 23.1. The molecule has 6 heteroatoms. The van der Waals surface area contributed by atoms with Crippen molar-refractivity contribution in [3.05, 3.63) is 63.5 Å². The maximum absolute atomic E-state index is 13.6. The lowest BCUT2D eigenvalue weighted by Crippen LogP contribution is -1.98. The van der Waals surface area contributed by atoms with Crippen LogP contribution >= 0.6 is 11.8 Å². The largest absolute Gasteiger partial charge is 0.294 e. The minimum absolute atomic E-state index is 0.00132. The monoisotopic (exact) mass is 305 g/mol. The molecule has 0 aromatic heterocycles. The van der Waals surface area contributed by atoms with E-state index < -0.39 is 10.7 Å². The van der Waals surface area contributed by atoms with Crippen molar-refractivity contribution in [1.82, 2.24) is 0 Å². The molecule has 0 aliphatic heterocycles. The van der Waals surface area contributed by atoms with Gasteiger partial charge in [0.05, 0.1) is 4.92 Å². The number of carbonyl (C=O) groups is 1. The maximum atomic E-state index is 13.6. The zero-order chi connectivity index (χ0) is 15.6. The minimum atomic E-state index is -0.475. The van der Waals surface area contributed by atoms with Crippen molar-refractivity contribution < 1.29 is 14.1 Å². The second-order valence-electron chi connectivity index (χ2n) is 4.51. The number of nitrogens with zero attached hydrogens (tertiary/aromatic N) is 1. The normalized spacial score (nSPS) is 10.4. The number of non-ortho nitro benzene ring substituents is 1. The number of hydrogen-bond acceptors (Lipinski definition) is 4. The summed E-state index contributed by atoms with van der Waals surface area (Å²) in [5.74, 6) is -0.647. The van der Waals surface area contributed by atoms with Crippen LogP contribution in [0.15, 0.2) is 46.2 Å². The fourth-order valence-corrected chi connectivity index (χ4v) is 2.85. The highest BCUT2D eigenvalue weighted by atomic mass is 32.2. The second-order valence-corrected chi connectivity index (χ2v) is 5.62. The Balaban J connectivity index is 2.36. The van der Waals surface area contributed by atoms with E-state index in [1.54, 1.807) is 25.1 Å². The van der Waals surface area contributed by atoms with E-state index in [1.165, 1.54) is 36.9 Å². The molecule has 0 aliphatic rings. The van der Waals surface area contributed by atoms with E-state index in [0.717, 1.165) is 4.90 Å². The Labute approximate surface area is 125 Å². The molecule has 0 heterocycles. The number of Topliss-reactive ketones (excluding diaryl/α,β-unsaturated/α-hetero) is 1. The van der Waals surface area contributed by atoms with Crippen molar-refractivity contribution in [3.8, 4) is 0 Å². The lowest BCUT2D eigenvalue weighted by atomic mass is 10.1. The van der Waals surface area contributed by atoms with Crippen molar-refractivity contribution in [2.24, 2.45) is 0 Å². The van der Waals surface area contributed by atoms with Crippen LogP contribution in [0.5, 0.6) is 0 Å². The van der Waals surface area contributed by atoms with Crippen molar-refractivity contribution in [3.63, 3.8) is 0 Å². The first-order chi connectivity index (χ1) is 9.88. The van der Waals surface area contributed by atoms with E-state index in [1.807, 2.05) is 0 Å². The Hall–Kier alpha value is -2.21. The van der Waals surface area contributed by atoms with E-state index >= 15 is 0 Å². The lowest BCUT2D eigenvalue weighted by Gasteiger charge is -2.09. The molecule has 0 radical (unpaired) electrons. The third kappa shape index (κ3) is 3.46. The van der Waals surface area contributed by atoms with Gasteiger partial charge in [0, 0.05) is 27.5 Å². The van der Waals surface area contributed by atoms with Gasteiger partial charge in [0.2, 0.25) is 0 Å². The van der Waals surface area contributed by atoms with Crippen LogP contribution < -0.4 is 0 Å². The first kappa shape index (κ1) is 15.2. The summed E-state index contributed by atoms with van der Waals surface area (Å²) in [6, 6.07) is 8.83. The van der Waals surface area contributed by atoms with Crippen LogP contribution in [0.4, 0.5) is 10.1 Å². The molecule has 0 aliphatic carbocycles. The first-order valence-electron chi connectivity index (χ1n) is 6.12. The molecule has 0 fully saturated rings. The Morgan fingerprint density at radius 3 is 2.38 bits per heavy atom. The predicted octanol–water partition coefficient (Wildman–Crippen LogP) is 4.40. The second kappa shape index (κ2) is 6.05. The number of carbonyl (C=O) groups excluding carboxylic acids is 1. The highest BCUT2D eigenvalue weighted by molar-refractivity contribution is 7.99. The number of hydrogen-bond donors (Lipinski definition) is 0. The fourth-order valence-electron chi connectivity index (χ4n) is 1.78. The van der Waals surface area contributed by atoms with Crippen molar-refractivity contribution in [2.45, 2.75) is 23.6 Å². The topological polar surface area (TPSA) is 60.2 Å². The molecule has 2 rings (SSSR count). The molecule has 0 atom stereocenters. The molecule has 0 amide bonds. The van der Waals surface area contributed by atoms with Crippen molar-refractivity contribution >= 4 is 23.2 Å². The maximum Gasteiger partial charge on any atom is 0.269 e. The molecule has 0 spiro atoms. The summed E-state index contributed by atoms with van der Waals surface area (Å²) >= 11 is 1.28. The molecule has 0 saturated carbocycles. The lowest BCUT2D eigenvalue weighted by molar-refractivity contribution is -0.384. The molecule has 0 N–H and O–H groups in total.